The van der Waals surface area contributed by atoms with Crippen molar-refractivity contribution in [2.45, 2.75) is 31.2 Å². The second-order valence-corrected chi connectivity index (χ2v) is 9.38. The van der Waals surface area contributed by atoms with Crippen molar-refractivity contribution in [3.63, 3.8) is 0 Å². The van der Waals surface area contributed by atoms with Gasteiger partial charge in [-0.15, -0.1) is 0 Å². The highest BCUT2D eigenvalue weighted by atomic mass is 79.9. The Morgan fingerprint density at radius 2 is 1.89 bits per heavy atom. The summed E-state index contributed by atoms with van der Waals surface area (Å²) in [7, 11) is -0.826. The number of methoxy groups -OCH3 is 1. The fraction of sp³-hybridized carbons (Fsp3) is 0.316. The molecule has 6 nitrogen and oxygen atoms in total. The van der Waals surface area contributed by atoms with Crippen molar-refractivity contribution in [2.24, 2.45) is 0 Å². The van der Waals surface area contributed by atoms with Crippen LogP contribution in [0.5, 0.6) is 5.75 Å². The van der Waals surface area contributed by atoms with Gasteiger partial charge in [0.2, 0.25) is 5.91 Å². The van der Waals surface area contributed by atoms with Crippen LogP contribution in [0, 0.1) is 0 Å². The third-order valence-electron chi connectivity index (χ3n) is 4.73. The molecule has 0 N–H and O–H groups in total. The van der Waals surface area contributed by atoms with Crippen molar-refractivity contribution in [1.29, 1.82) is 0 Å². The molecule has 1 aliphatic rings. The third-order valence-corrected chi connectivity index (χ3v) is 6.99. The molecule has 0 saturated carbocycles. The van der Waals surface area contributed by atoms with Crippen LogP contribution >= 0.6 is 15.9 Å². The Balaban J connectivity index is 2.13. The van der Waals surface area contributed by atoms with Gasteiger partial charge in [-0.1, -0.05) is 15.9 Å². The number of fused-ring (bicyclic) bond motifs is 1. The zero-order chi connectivity index (χ0) is 19.9. The average molecular weight is 453 g/mol. The van der Waals surface area contributed by atoms with Gasteiger partial charge in [0, 0.05) is 24.5 Å². The van der Waals surface area contributed by atoms with Crippen LogP contribution < -0.4 is 13.9 Å². The lowest BCUT2D eigenvalue weighted by atomic mass is 10.1. The van der Waals surface area contributed by atoms with Gasteiger partial charge >= 0.3 is 0 Å². The van der Waals surface area contributed by atoms with E-state index in [1.807, 2.05) is 13.0 Å². The lowest BCUT2D eigenvalue weighted by Crippen LogP contribution is -2.35. The minimum Gasteiger partial charge on any atom is -0.497 e. The lowest BCUT2D eigenvalue weighted by Gasteiger charge is -2.26. The first-order valence-corrected chi connectivity index (χ1v) is 10.7. The van der Waals surface area contributed by atoms with Gasteiger partial charge in [0.25, 0.3) is 10.0 Å². The molecule has 2 aromatic rings. The van der Waals surface area contributed by atoms with E-state index in [4.69, 9.17) is 4.74 Å². The third kappa shape index (κ3) is 3.43. The average Bonchev–Trinajstić information content (AvgIpc) is 2.95. The van der Waals surface area contributed by atoms with Crippen LogP contribution in [0.25, 0.3) is 0 Å². The van der Waals surface area contributed by atoms with E-state index in [0.29, 0.717) is 28.0 Å². The summed E-state index contributed by atoms with van der Waals surface area (Å²) in [5, 5.41) is 0. The number of ether oxygens (including phenoxy) is 1. The van der Waals surface area contributed by atoms with Gasteiger partial charge in [0.1, 0.15) is 10.6 Å². The number of hydrogen-bond donors (Lipinski definition) is 0. The van der Waals surface area contributed by atoms with Crippen molar-refractivity contribution in [1.82, 2.24) is 0 Å². The molecule has 0 saturated heterocycles. The van der Waals surface area contributed by atoms with Gasteiger partial charge < -0.3 is 9.64 Å². The summed E-state index contributed by atoms with van der Waals surface area (Å²) in [5.41, 5.74) is 1.82. The first-order chi connectivity index (χ1) is 12.7. The van der Waals surface area contributed by atoms with Gasteiger partial charge in [-0.05, 0) is 55.3 Å². The van der Waals surface area contributed by atoms with Crippen molar-refractivity contribution < 1.29 is 17.9 Å². The SMILES string of the molecule is COc1ccc(N(C)S(=O)(=O)c2cc(Br)cc3c2N(C(C)=O)[C@@H](C)C3)cc1. The highest BCUT2D eigenvalue weighted by Crippen LogP contribution is 2.41. The molecule has 0 unspecified atom stereocenters. The van der Waals surface area contributed by atoms with E-state index in [2.05, 4.69) is 15.9 Å². The predicted molar refractivity (Wildman–Crippen MR) is 109 cm³/mol. The van der Waals surface area contributed by atoms with Crippen LogP contribution in [-0.4, -0.2) is 34.5 Å². The Morgan fingerprint density at radius 3 is 2.44 bits per heavy atom. The van der Waals surface area contributed by atoms with E-state index in [0.717, 1.165) is 5.56 Å². The molecule has 0 fully saturated rings. The smallest absolute Gasteiger partial charge is 0.266 e. The number of sulfonamides is 1. The highest BCUT2D eigenvalue weighted by molar-refractivity contribution is 9.10. The summed E-state index contributed by atoms with van der Waals surface area (Å²) in [6, 6.07) is 10.1. The van der Waals surface area contributed by atoms with E-state index in [1.54, 1.807) is 42.3 Å². The molecule has 2 aromatic carbocycles. The maximum atomic E-state index is 13.4. The molecular formula is C19H21BrN2O4S. The zero-order valence-electron chi connectivity index (χ0n) is 15.6. The zero-order valence-corrected chi connectivity index (χ0v) is 18.0. The monoisotopic (exact) mass is 452 g/mol. The molecule has 1 atom stereocenters. The molecule has 0 bridgehead atoms. The van der Waals surface area contributed by atoms with Crippen LogP contribution in [0.15, 0.2) is 45.8 Å². The number of rotatable bonds is 4. The minimum absolute atomic E-state index is 0.0907. The molecule has 0 radical (unpaired) electrons. The Morgan fingerprint density at radius 1 is 1.26 bits per heavy atom. The number of benzene rings is 2. The fourth-order valence-electron chi connectivity index (χ4n) is 3.43. The molecule has 3 rings (SSSR count). The van der Waals surface area contributed by atoms with Crippen LogP contribution in [0.1, 0.15) is 19.4 Å². The lowest BCUT2D eigenvalue weighted by molar-refractivity contribution is -0.116. The molecule has 0 aliphatic carbocycles. The van der Waals surface area contributed by atoms with E-state index in [-0.39, 0.29) is 16.8 Å². The number of anilines is 2. The molecular weight excluding hydrogens is 432 g/mol. The second-order valence-electron chi connectivity index (χ2n) is 6.52. The maximum Gasteiger partial charge on any atom is 0.266 e. The van der Waals surface area contributed by atoms with Crippen molar-refractivity contribution in [2.75, 3.05) is 23.4 Å². The van der Waals surface area contributed by atoms with Crippen LogP contribution in [0.3, 0.4) is 0 Å². The number of halogens is 1. The largest absolute Gasteiger partial charge is 0.497 e. The Bertz CT molecular complexity index is 990. The van der Waals surface area contributed by atoms with E-state index in [9.17, 15) is 13.2 Å². The fourth-order valence-corrected chi connectivity index (χ4v) is 5.53. The molecule has 27 heavy (non-hydrogen) atoms. The molecule has 8 heteroatoms. The molecule has 1 amide bonds. The summed E-state index contributed by atoms with van der Waals surface area (Å²) in [6.07, 6.45) is 0.614. The Labute approximate surface area is 167 Å². The van der Waals surface area contributed by atoms with Crippen LogP contribution in [0.2, 0.25) is 0 Å². The standard InChI is InChI=1S/C19H21BrN2O4S/c1-12-9-14-10-15(20)11-18(19(14)22(12)13(2)23)27(24,25)21(3)16-5-7-17(26-4)8-6-16/h5-8,10-12H,9H2,1-4H3/t12-/m0/s1. The first kappa shape index (κ1) is 19.7. The molecule has 1 aliphatic heterocycles. The van der Waals surface area contributed by atoms with Crippen molar-refractivity contribution in [3.8, 4) is 5.75 Å². The van der Waals surface area contributed by atoms with Gasteiger partial charge in [-0.3, -0.25) is 9.10 Å². The summed E-state index contributed by atoms with van der Waals surface area (Å²) in [6.45, 7) is 3.37. The summed E-state index contributed by atoms with van der Waals surface area (Å²) >= 11 is 3.41. The molecule has 0 spiro atoms. The Kier molecular flexibility index (Phi) is 5.22. The van der Waals surface area contributed by atoms with Crippen LogP contribution in [0.4, 0.5) is 11.4 Å². The normalized spacial score (nSPS) is 16.2. The van der Waals surface area contributed by atoms with E-state index in [1.165, 1.54) is 18.3 Å². The van der Waals surface area contributed by atoms with Crippen LogP contribution in [-0.2, 0) is 21.2 Å². The topological polar surface area (TPSA) is 66.9 Å². The highest BCUT2D eigenvalue weighted by Gasteiger charge is 2.37. The van der Waals surface area contributed by atoms with E-state index >= 15 is 0 Å². The number of amides is 1. The molecule has 0 aromatic heterocycles. The quantitative estimate of drug-likeness (QED) is 0.710. The Hall–Kier alpha value is -2.06. The van der Waals surface area contributed by atoms with Gasteiger partial charge in [0.15, 0.2) is 0 Å². The van der Waals surface area contributed by atoms with Gasteiger partial charge in [-0.25, -0.2) is 8.42 Å². The predicted octanol–water partition coefficient (Wildman–Crippen LogP) is 3.58. The summed E-state index contributed by atoms with van der Waals surface area (Å²) < 4.78 is 33.8. The van der Waals surface area contributed by atoms with E-state index < -0.39 is 10.0 Å². The summed E-state index contributed by atoms with van der Waals surface area (Å²) in [4.78, 5) is 13.9. The molecule has 144 valence electrons. The van der Waals surface area contributed by atoms with Crippen molar-refractivity contribution >= 4 is 43.2 Å². The maximum absolute atomic E-state index is 13.4. The summed E-state index contributed by atoms with van der Waals surface area (Å²) in [5.74, 6) is 0.469. The molecule has 1 heterocycles. The van der Waals surface area contributed by atoms with Gasteiger partial charge in [0.05, 0.1) is 18.5 Å². The number of nitrogens with zero attached hydrogens (tertiary/aromatic N) is 2. The van der Waals surface area contributed by atoms with Crippen molar-refractivity contribution in [3.05, 3.63) is 46.4 Å². The second kappa shape index (κ2) is 7.16. The number of hydrogen-bond acceptors (Lipinski definition) is 4. The number of carbonyl (C=O) groups is 1. The first-order valence-electron chi connectivity index (χ1n) is 8.42. The minimum atomic E-state index is -3.88. The number of carbonyl (C=O) groups excluding carboxylic acids is 1. The van der Waals surface area contributed by atoms with Gasteiger partial charge in [-0.2, -0.15) is 0 Å².